The van der Waals surface area contributed by atoms with Crippen LogP contribution in [0.1, 0.15) is 33.1 Å². The SMILES string of the molecule is C=CCC(/C=C/CCC)C(C)=O. The summed E-state index contributed by atoms with van der Waals surface area (Å²) in [7, 11) is 0. The summed E-state index contributed by atoms with van der Waals surface area (Å²) in [5, 5.41) is 0. The van der Waals surface area contributed by atoms with Crippen molar-refractivity contribution >= 4 is 5.78 Å². The van der Waals surface area contributed by atoms with E-state index < -0.39 is 0 Å². The number of Topliss-reactive ketones (excluding diaryl/α,β-unsaturated/α-hetero) is 1. The van der Waals surface area contributed by atoms with Crippen LogP contribution in [0.5, 0.6) is 0 Å². The van der Waals surface area contributed by atoms with Crippen molar-refractivity contribution in [1.29, 1.82) is 0 Å². The Morgan fingerprint density at radius 1 is 1.58 bits per heavy atom. The third kappa shape index (κ3) is 4.89. The Bertz CT molecular complexity index is 168. The molecule has 12 heavy (non-hydrogen) atoms. The van der Waals surface area contributed by atoms with Crippen molar-refractivity contribution in [3.8, 4) is 0 Å². The maximum Gasteiger partial charge on any atom is 0.136 e. The Morgan fingerprint density at radius 2 is 2.25 bits per heavy atom. The molecule has 0 radical (unpaired) electrons. The van der Waals surface area contributed by atoms with E-state index in [1.54, 1.807) is 13.0 Å². The van der Waals surface area contributed by atoms with Crippen LogP contribution in [0.2, 0.25) is 0 Å². The fraction of sp³-hybridized carbons (Fsp3) is 0.545. The van der Waals surface area contributed by atoms with Crippen LogP contribution < -0.4 is 0 Å². The second kappa shape index (κ2) is 6.84. The van der Waals surface area contributed by atoms with Crippen LogP contribution in [0.25, 0.3) is 0 Å². The first-order valence-electron chi connectivity index (χ1n) is 4.50. The normalized spacial score (nSPS) is 13.2. The minimum atomic E-state index is 0.0500. The maximum atomic E-state index is 11.0. The highest BCUT2D eigenvalue weighted by molar-refractivity contribution is 5.80. The number of ketones is 1. The minimum absolute atomic E-state index is 0.0500. The lowest BCUT2D eigenvalue weighted by atomic mass is 10.0. The molecule has 0 spiro atoms. The molecule has 1 heteroatoms. The average Bonchev–Trinajstić information content (AvgIpc) is 2.03. The van der Waals surface area contributed by atoms with Gasteiger partial charge < -0.3 is 0 Å². The molecule has 1 atom stereocenters. The van der Waals surface area contributed by atoms with Gasteiger partial charge in [0.25, 0.3) is 0 Å². The van der Waals surface area contributed by atoms with Crippen LogP contribution in [-0.4, -0.2) is 5.78 Å². The van der Waals surface area contributed by atoms with E-state index in [1.807, 2.05) is 6.08 Å². The van der Waals surface area contributed by atoms with Gasteiger partial charge in [0.2, 0.25) is 0 Å². The molecule has 0 N–H and O–H groups in total. The lowest BCUT2D eigenvalue weighted by Gasteiger charge is -2.03. The first-order valence-corrected chi connectivity index (χ1v) is 4.50. The molecule has 0 rings (SSSR count). The molecule has 68 valence electrons. The van der Waals surface area contributed by atoms with E-state index in [1.165, 1.54) is 0 Å². The van der Waals surface area contributed by atoms with Crippen molar-refractivity contribution in [1.82, 2.24) is 0 Å². The van der Waals surface area contributed by atoms with Gasteiger partial charge in [-0.25, -0.2) is 0 Å². The summed E-state index contributed by atoms with van der Waals surface area (Å²) in [4.78, 5) is 11.0. The molecular formula is C11H18O. The lowest BCUT2D eigenvalue weighted by molar-refractivity contribution is -0.119. The summed E-state index contributed by atoms with van der Waals surface area (Å²) in [5.41, 5.74) is 0. The Kier molecular flexibility index (Phi) is 6.35. The third-order valence-corrected chi connectivity index (χ3v) is 1.77. The number of hydrogen-bond donors (Lipinski definition) is 0. The molecule has 0 aromatic rings. The Hall–Kier alpha value is -0.850. The second-order valence-corrected chi connectivity index (χ2v) is 2.96. The topological polar surface area (TPSA) is 17.1 Å². The van der Waals surface area contributed by atoms with Crippen LogP contribution in [0.4, 0.5) is 0 Å². The van der Waals surface area contributed by atoms with Crippen molar-refractivity contribution in [3.05, 3.63) is 24.8 Å². The number of carbonyl (C=O) groups is 1. The van der Waals surface area contributed by atoms with Crippen LogP contribution in [0, 0.1) is 5.92 Å². The fourth-order valence-corrected chi connectivity index (χ4v) is 0.987. The quantitative estimate of drug-likeness (QED) is 0.554. The highest BCUT2D eigenvalue weighted by atomic mass is 16.1. The zero-order valence-corrected chi connectivity index (χ0v) is 8.05. The van der Waals surface area contributed by atoms with E-state index in [0.29, 0.717) is 0 Å². The van der Waals surface area contributed by atoms with Gasteiger partial charge in [-0.3, -0.25) is 4.79 Å². The monoisotopic (exact) mass is 166 g/mol. The van der Waals surface area contributed by atoms with Gasteiger partial charge in [0.05, 0.1) is 0 Å². The standard InChI is InChI=1S/C11H18O/c1-4-6-7-9-11(8-5-2)10(3)12/h5,7,9,11H,2,4,6,8H2,1,3H3/b9-7+. The van der Waals surface area contributed by atoms with Crippen LogP contribution >= 0.6 is 0 Å². The average molecular weight is 166 g/mol. The van der Waals surface area contributed by atoms with Gasteiger partial charge in [0.15, 0.2) is 0 Å². The number of unbranched alkanes of at least 4 members (excludes halogenated alkanes) is 1. The first-order chi connectivity index (χ1) is 5.72. The predicted octanol–water partition coefficient (Wildman–Crippen LogP) is 3.12. The molecule has 1 nitrogen and oxygen atoms in total. The largest absolute Gasteiger partial charge is 0.299 e. The van der Waals surface area contributed by atoms with Gasteiger partial charge in [0, 0.05) is 5.92 Å². The molecule has 0 aromatic heterocycles. The number of rotatable bonds is 6. The first kappa shape index (κ1) is 11.2. The van der Waals surface area contributed by atoms with Crippen molar-refractivity contribution in [2.24, 2.45) is 5.92 Å². The van der Waals surface area contributed by atoms with E-state index >= 15 is 0 Å². The van der Waals surface area contributed by atoms with Crippen molar-refractivity contribution in [3.63, 3.8) is 0 Å². The minimum Gasteiger partial charge on any atom is -0.299 e. The molecule has 0 saturated carbocycles. The van der Waals surface area contributed by atoms with Gasteiger partial charge >= 0.3 is 0 Å². The summed E-state index contributed by atoms with van der Waals surface area (Å²) in [6.07, 6.45) is 8.82. The van der Waals surface area contributed by atoms with Gasteiger partial charge in [0.1, 0.15) is 5.78 Å². The summed E-state index contributed by atoms with van der Waals surface area (Å²) in [6.45, 7) is 7.38. The lowest BCUT2D eigenvalue weighted by Crippen LogP contribution is -2.06. The molecule has 0 aliphatic rings. The summed E-state index contributed by atoms with van der Waals surface area (Å²) in [5.74, 6) is 0.274. The van der Waals surface area contributed by atoms with Crippen molar-refractivity contribution in [2.45, 2.75) is 33.1 Å². The van der Waals surface area contributed by atoms with Crippen LogP contribution in [0.3, 0.4) is 0 Å². The third-order valence-electron chi connectivity index (χ3n) is 1.77. The molecule has 0 aromatic carbocycles. The second-order valence-electron chi connectivity index (χ2n) is 2.96. The zero-order chi connectivity index (χ0) is 9.40. The van der Waals surface area contributed by atoms with Gasteiger partial charge in [-0.1, -0.05) is 31.6 Å². The smallest absolute Gasteiger partial charge is 0.136 e. The van der Waals surface area contributed by atoms with Crippen molar-refractivity contribution in [2.75, 3.05) is 0 Å². The Labute approximate surface area is 75.2 Å². The highest BCUT2D eigenvalue weighted by Gasteiger charge is 2.06. The molecule has 0 aliphatic carbocycles. The van der Waals surface area contributed by atoms with Crippen LogP contribution in [-0.2, 0) is 4.79 Å². The highest BCUT2D eigenvalue weighted by Crippen LogP contribution is 2.07. The fourth-order valence-electron chi connectivity index (χ4n) is 0.987. The summed E-state index contributed by atoms with van der Waals surface area (Å²) >= 11 is 0. The van der Waals surface area contributed by atoms with E-state index in [0.717, 1.165) is 19.3 Å². The number of carbonyl (C=O) groups excluding carboxylic acids is 1. The number of allylic oxidation sites excluding steroid dienone is 3. The molecule has 0 heterocycles. The molecule has 0 saturated heterocycles. The zero-order valence-electron chi connectivity index (χ0n) is 8.05. The van der Waals surface area contributed by atoms with E-state index in [2.05, 4.69) is 19.6 Å². The van der Waals surface area contributed by atoms with Crippen LogP contribution in [0.15, 0.2) is 24.8 Å². The Balaban J connectivity index is 3.93. The molecule has 0 amide bonds. The molecule has 0 fully saturated rings. The molecule has 1 unspecified atom stereocenters. The molecular weight excluding hydrogens is 148 g/mol. The summed E-state index contributed by atoms with van der Waals surface area (Å²) < 4.78 is 0. The van der Waals surface area contributed by atoms with Gasteiger partial charge in [-0.05, 0) is 19.8 Å². The van der Waals surface area contributed by atoms with Gasteiger partial charge in [-0.2, -0.15) is 0 Å². The summed E-state index contributed by atoms with van der Waals surface area (Å²) in [6, 6.07) is 0. The predicted molar refractivity (Wildman–Crippen MR) is 53.0 cm³/mol. The maximum absolute atomic E-state index is 11.0. The Morgan fingerprint density at radius 3 is 2.67 bits per heavy atom. The number of hydrogen-bond acceptors (Lipinski definition) is 1. The van der Waals surface area contributed by atoms with Gasteiger partial charge in [-0.15, -0.1) is 6.58 Å². The molecule has 0 bridgehead atoms. The van der Waals surface area contributed by atoms with E-state index in [9.17, 15) is 4.79 Å². The van der Waals surface area contributed by atoms with Crippen molar-refractivity contribution < 1.29 is 4.79 Å². The van der Waals surface area contributed by atoms with E-state index in [-0.39, 0.29) is 11.7 Å². The molecule has 0 aliphatic heterocycles. The van der Waals surface area contributed by atoms with E-state index in [4.69, 9.17) is 0 Å².